The fourth-order valence-corrected chi connectivity index (χ4v) is 2.60. The number of H-pyrrole nitrogens is 1. The average Bonchev–Trinajstić information content (AvgIpc) is 3.21. The molecule has 3 rings (SSSR count). The van der Waals surface area contributed by atoms with Crippen LogP contribution in [0.1, 0.15) is 32.2 Å². The molecule has 9 nitrogen and oxygen atoms in total. The Bertz CT molecular complexity index is 694. The van der Waals surface area contributed by atoms with Crippen LogP contribution in [0.25, 0.3) is 0 Å². The summed E-state index contributed by atoms with van der Waals surface area (Å²) < 4.78 is 6.98. The smallest absolute Gasteiger partial charge is 0.344 e. The second-order valence-corrected chi connectivity index (χ2v) is 5.56. The number of nitrogens with zero attached hydrogens (tertiary/aromatic N) is 5. The summed E-state index contributed by atoms with van der Waals surface area (Å²) in [6.45, 7) is 2.49. The molecule has 0 amide bonds. The number of nitrogens with two attached hydrogens (primary N) is 1. The minimum atomic E-state index is -0.218. The van der Waals surface area contributed by atoms with E-state index in [1.165, 1.54) is 0 Å². The molecule has 1 aliphatic rings. The van der Waals surface area contributed by atoms with Crippen LogP contribution >= 0.6 is 11.8 Å². The summed E-state index contributed by atoms with van der Waals surface area (Å²) in [5, 5.41) is 7.32. The fraction of sp³-hybridized carbons (Fsp3) is 0.545. The summed E-state index contributed by atoms with van der Waals surface area (Å²) in [6, 6.07) is 0.399. The first-order valence-electron chi connectivity index (χ1n) is 6.66. The van der Waals surface area contributed by atoms with Crippen molar-refractivity contribution in [2.45, 2.75) is 42.5 Å². The van der Waals surface area contributed by atoms with E-state index in [0.717, 1.165) is 31.0 Å². The van der Waals surface area contributed by atoms with Gasteiger partial charge in [-0.1, -0.05) is 6.92 Å². The molecule has 3 N–H and O–H groups in total. The zero-order valence-corrected chi connectivity index (χ0v) is 12.3. The lowest BCUT2D eigenvalue weighted by atomic mass is 10.5. The third-order valence-electron chi connectivity index (χ3n) is 2.81. The van der Waals surface area contributed by atoms with E-state index in [9.17, 15) is 4.79 Å². The maximum absolute atomic E-state index is 11.7. The van der Waals surface area contributed by atoms with Crippen LogP contribution in [0.3, 0.4) is 0 Å². The van der Waals surface area contributed by atoms with Gasteiger partial charge in [-0.2, -0.15) is 15.0 Å². The maximum Gasteiger partial charge on any atom is 0.344 e. The highest BCUT2D eigenvalue weighted by Crippen LogP contribution is 2.37. The van der Waals surface area contributed by atoms with Crippen LogP contribution in [0.2, 0.25) is 0 Å². The highest BCUT2D eigenvalue weighted by Gasteiger charge is 2.29. The molecule has 2 heterocycles. The third-order valence-corrected chi connectivity index (χ3v) is 3.65. The Labute approximate surface area is 124 Å². The lowest BCUT2D eigenvalue weighted by Gasteiger charge is -2.05. The zero-order chi connectivity index (χ0) is 14.8. The number of nitrogen functional groups attached to an aromatic ring is 1. The highest BCUT2D eigenvalue weighted by molar-refractivity contribution is 7.99. The van der Waals surface area contributed by atoms with Crippen molar-refractivity contribution in [1.82, 2.24) is 29.7 Å². The third kappa shape index (κ3) is 3.15. The maximum atomic E-state index is 11.7. The van der Waals surface area contributed by atoms with Crippen molar-refractivity contribution in [2.24, 2.45) is 0 Å². The molecule has 0 radical (unpaired) electrons. The topological polar surface area (TPSA) is 125 Å². The van der Waals surface area contributed by atoms with Crippen LogP contribution in [0.4, 0.5) is 5.95 Å². The van der Waals surface area contributed by atoms with Crippen molar-refractivity contribution < 1.29 is 4.74 Å². The van der Waals surface area contributed by atoms with Crippen molar-refractivity contribution in [3.63, 3.8) is 0 Å². The van der Waals surface area contributed by atoms with Crippen LogP contribution in [0, 0.1) is 0 Å². The second-order valence-electron chi connectivity index (χ2n) is 4.62. The molecule has 0 unspecified atom stereocenters. The Balaban J connectivity index is 1.84. The van der Waals surface area contributed by atoms with Crippen LogP contribution in [0.15, 0.2) is 15.1 Å². The Kier molecular flexibility index (Phi) is 3.78. The second kappa shape index (κ2) is 5.72. The Morgan fingerprint density at radius 3 is 2.95 bits per heavy atom. The van der Waals surface area contributed by atoms with Crippen molar-refractivity contribution in [1.29, 1.82) is 0 Å². The Morgan fingerprint density at radius 1 is 1.43 bits per heavy atom. The van der Waals surface area contributed by atoms with Crippen molar-refractivity contribution in [3.05, 3.63) is 10.5 Å². The standard InChI is InChI=1S/C11H15N7O2S/c1-2-5-20-8-13-7(12)14-9(15-8)21-11-17-16-10(19)18(11)6-3-4-6/h6H,2-5H2,1H3,(H,16,19)(H2,12,13,14,15). The number of hydrogen-bond acceptors (Lipinski definition) is 8. The number of anilines is 1. The largest absolute Gasteiger partial charge is 0.463 e. The SMILES string of the molecule is CCCOc1nc(N)nc(Sc2n[nH]c(=O)n2C2CC2)n1. The number of aromatic amines is 1. The van der Waals surface area contributed by atoms with Gasteiger partial charge in [0, 0.05) is 6.04 Å². The number of ether oxygens (including phenoxy) is 1. The number of nitrogens with one attached hydrogen (secondary N) is 1. The molecule has 10 heteroatoms. The lowest BCUT2D eigenvalue weighted by Crippen LogP contribution is -2.16. The first-order valence-corrected chi connectivity index (χ1v) is 7.48. The number of hydrogen-bond donors (Lipinski definition) is 2. The van der Waals surface area contributed by atoms with E-state index in [2.05, 4.69) is 25.1 Å². The predicted octanol–water partition coefficient (Wildman–Crippen LogP) is 0.613. The van der Waals surface area contributed by atoms with Crippen molar-refractivity contribution >= 4 is 17.7 Å². The van der Waals surface area contributed by atoms with Crippen LogP contribution < -0.4 is 16.2 Å². The molecular formula is C11H15N7O2S. The average molecular weight is 309 g/mol. The van der Waals surface area contributed by atoms with E-state index >= 15 is 0 Å². The number of aromatic nitrogens is 6. The molecule has 2 aromatic heterocycles. The lowest BCUT2D eigenvalue weighted by molar-refractivity contribution is 0.288. The molecular weight excluding hydrogens is 294 g/mol. The zero-order valence-electron chi connectivity index (χ0n) is 11.4. The summed E-state index contributed by atoms with van der Waals surface area (Å²) in [4.78, 5) is 23.8. The Morgan fingerprint density at radius 2 is 2.24 bits per heavy atom. The molecule has 0 aliphatic heterocycles. The van der Waals surface area contributed by atoms with Gasteiger partial charge in [0.1, 0.15) is 0 Å². The molecule has 21 heavy (non-hydrogen) atoms. The molecule has 0 bridgehead atoms. The molecule has 1 saturated carbocycles. The van der Waals surface area contributed by atoms with Gasteiger partial charge >= 0.3 is 11.7 Å². The normalized spacial score (nSPS) is 14.3. The van der Waals surface area contributed by atoms with Gasteiger partial charge < -0.3 is 10.5 Å². The van der Waals surface area contributed by atoms with E-state index in [0.29, 0.717) is 16.9 Å². The van der Waals surface area contributed by atoms with Crippen LogP contribution in [-0.4, -0.2) is 36.3 Å². The quantitative estimate of drug-likeness (QED) is 0.795. The number of rotatable bonds is 6. The molecule has 0 spiro atoms. The van der Waals surface area contributed by atoms with E-state index in [1.54, 1.807) is 4.57 Å². The summed E-state index contributed by atoms with van der Waals surface area (Å²) in [5.74, 6) is 0.0782. The molecule has 112 valence electrons. The highest BCUT2D eigenvalue weighted by atomic mass is 32.2. The molecule has 0 atom stereocenters. The first kappa shape index (κ1) is 13.9. The Hall–Kier alpha value is -2.10. The summed E-state index contributed by atoms with van der Waals surface area (Å²) in [7, 11) is 0. The van der Waals surface area contributed by atoms with Crippen LogP contribution in [0.5, 0.6) is 6.01 Å². The monoisotopic (exact) mass is 309 g/mol. The van der Waals surface area contributed by atoms with Gasteiger partial charge in [0.05, 0.1) is 6.61 Å². The van der Waals surface area contributed by atoms with E-state index in [4.69, 9.17) is 10.5 Å². The van der Waals surface area contributed by atoms with E-state index in [-0.39, 0.29) is 23.7 Å². The van der Waals surface area contributed by atoms with E-state index in [1.807, 2.05) is 6.92 Å². The van der Waals surface area contributed by atoms with Crippen molar-refractivity contribution in [2.75, 3.05) is 12.3 Å². The molecule has 1 aliphatic carbocycles. The van der Waals surface area contributed by atoms with Gasteiger partial charge in [0.25, 0.3) is 0 Å². The predicted molar refractivity (Wildman–Crippen MR) is 75.3 cm³/mol. The van der Waals surface area contributed by atoms with Gasteiger partial charge in [-0.15, -0.1) is 5.10 Å². The van der Waals surface area contributed by atoms with Gasteiger partial charge in [0.15, 0.2) is 5.16 Å². The molecule has 2 aromatic rings. The van der Waals surface area contributed by atoms with Crippen molar-refractivity contribution in [3.8, 4) is 6.01 Å². The van der Waals surface area contributed by atoms with Gasteiger partial charge in [-0.3, -0.25) is 4.57 Å². The summed E-state index contributed by atoms with van der Waals surface area (Å²) in [6.07, 6.45) is 2.81. The van der Waals surface area contributed by atoms with Gasteiger partial charge in [-0.05, 0) is 31.0 Å². The first-order chi connectivity index (χ1) is 10.2. The van der Waals surface area contributed by atoms with Gasteiger partial charge in [-0.25, -0.2) is 9.89 Å². The van der Waals surface area contributed by atoms with Gasteiger partial charge in [0.2, 0.25) is 11.1 Å². The molecule has 0 saturated heterocycles. The van der Waals surface area contributed by atoms with Crippen LogP contribution in [-0.2, 0) is 0 Å². The minimum absolute atomic E-state index is 0.0782. The summed E-state index contributed by atoms with van der Waals surface area (Å²) >= 11 is 1.16. The fourth-order valence-electron chi connectivity index (χ4n) is 1.75. The summed E-state index contributed by atoms with van der Waals surface area (Å²) in [5.41, 5.74) is 5.43. The minimum Gasteiger partial charge on any atom is -0.463 e. The molecule has 1 fully saturated rings. The van der Waals surface area contributed by atoms with E-state index < -0.39 is 0 Å². The molecule has 0 aromatic carbocycles.